The van der Waals surface area contributed by atoms with Crippen molar-refractivity contribution in [2.24, 2.45) is 0 Å². The molecule has 0 bridgehead atoms. The maximum absolute atomic E-state index is 12.3. The van der Waals surface area contributed by atoms with E-state index in [4.69, 9.17) is 5.11 Å². The van der Waals surface area contributed by atoms with Gasteiger partial charge in [0.15, 0.2) is 0 Å². The van der Waals surface area contributed by atoms with Crippen molar-refractivity contribution in [3.8, 4) is 0 Å². The Balaban J connectivity index is 4.06. The summed E-state index contributed by atoms with van der Waals surface area (Å²) in [7, 11) is 0. The molecule has 5 nitrogen and oxygen atoms in total. The van der Waals surface area contributed by atoms with Gasteiger partial charge in [0.25, 0.3) is 0 Å². The summed E-state index contributed by atoms with van der Waals surface area (Å²) in [6.07, 6.45) is 26.2. The fourth-order valence-corrected chi connectivity index (χ4v) is 4.47. The smallest absolute Gasteiger partial charge is 0.325 e. The first-order valence-corrected chi connectivity index (χ1v) is 14.8. The SMILES string of the molecule is CCCCCCCCCCCCN(CCCCCCCCCCCC)CC(=O)N[C@@H](C)C(=O)O. The van der Waals surface area contributed by atoms with Crippen molar-refractivity contribution in [3.05, 3.63) is 0 Å². The van der Waals surface area contributed by atoms with Gasteiger partial charge in [0, 0.05) is 0 Å². The third-order valence-electron chi connectivity index (χ3n) is 6.77. The lowest BCUT2D eigenvalue weighted by Gasteiger charge is -2.22. The van der Waals surface area contributed by atoms with Gasteiger partial charge < -0.3 is 10.4 Å². The molecule has 2 N–H and O–H groups in total. The van der Waals surface area contributed by atoms with Crippen LogP contribution in [0.2, 0.25) is 0 Å². The highest BCUT2D eigenvalue weighted by Gasteiger charge is 2.16. The average molecular weight is 483 g/mol. The van der Waals surface area contributed by atoms with Crippen LogP contribution >= 0.6 is 0 Å². The van der Waals surface area contributed by atoms with Crippen LogP contribution in [0, 0.1) is 0 Å². The fourth-order valence-electron chi connectivity index (χ4n) is 4.47. The molecule has 34 heavy (non-hydrogen) atoms. The molecule has 0 aromatic carbocycles. The van der Waals surface area contributed by atoms with Crippen molar-refractivity contribution < 1.29 is 14.7 Å². The normalized spacial score (nSPS) is 12.2. The van der Waals surface area contributed by atoms with Crippen molar-refractivity contribution >= 4 is 11.9 Å². The highest BCUT2D eigenvalue weighted by Crippen LogP contribution is 2.13. The third kappa shape index (κ3) is 22.7. The number of carboxylic acids is 1. The van der Waals surface area contributed by atoms with Gasteiger partial charge in [-0.3, -0.25) is 14.5 Å². The number of amides is 1. The van der Waals surface area contributed by atoms with E-state index < -0.39 is 12.0 Å². The van der Waals surface area contributed by atoms with Crippen molar-refractivity contribution in [2.75, 3.05) is 19.6 Å². The van der Waals surface area contributed by atoms with Crippen LogP contribution < -0.4 is 5.32 Å². The Morgan fingerprint density at radius 1 is 0.618 bits per heavy atom. The summed E-state index contributed by atoms with van der Waals surface area (Å²) in [5.74, 6) is -1.15. The molecule has 0 aliphatic heterocycles. The van der Waals surface area contributed by atoms with E-state index in [1.807, 2.05) is 0 Å². The molecule has 0 fully saturated rings. The summed E-state index contributed by atoms with van der Waals surface area (Å²) in [6.45, 7) is 8.22. The van der Waals surface area contributed by atoms with E-state index in [0.29, 0.717) is 6.54 Å². The lowest BCUT2D eigenvalue weighted by molar-refractivity contribution is -0.141. The van der Waals surface area contributed by atoms with Crippen LogP contribution in [0.15, 0.2) is 0 Å². The molecule has 0 aliphatic carbocycles. The second-order valence-electron chi connectivity index (χ2n) is 10.3. The number of hydrogen-bond acceptors (Lipinski definition) is 3. The van der Waals surface area contributed by atoms with Gasteiger partial charge in [0.2, 0.25) is 5.91 Å². The first kappa shape index (κ1) is 32.9. The molecule has 1 amide bonds. The van der Waals surface area contributed by atoms with Crippen LogP contribution in [0.25, 0.3) is 0 Å². The number of carboxylic acid groups (broad SMARTS) is 1. The molecule has 0 spiro atoms. The topological polar surface area (TPSA) is 69.6 Å². The Kier molecular flexibility index (Phi) is 24.2. The van der Waals surface area contributed by atoms with Crippen molar-refractivity contribution in [1.82, 2.24) is 10.2 Å². The Labute approximate surface area is 211 Å². The Hall–Kier alpha value is -1.10. The molecule has 0 radical (unpaired) electrons. The minimum Gasteiger partial charge on any atom is -0.480 e. The molecule has 0 aliphatic rings. The van der Waals surface area contributed by atoms with Crippen molar-refractivity contribution in [3.63, 3.8) is 0 Å². The van der Waals surface area contributed by atoms with E-state index in [9.17, 15) is 9.59 Å². The molecule has 1 atom stereocenters. The van der Waals surface area contributed by atoms with E-state index in [-0.39, 0.29) is 5.91 Å². The molecular formula is C29H58N2O3. The molecule has 202 valence electrons. The Morgan fingerprint density at radius 3 is 1.26 bits per heavy atom. The summed E-state index contributed by atoms with van der Waals surface area (Å²) in [5, 5.41) is 11.7. The number of hydrogen-bond donors (Lipinski definition) is 2. The molecule has 0 rings (SSSR count). The van der Waals surface area contributed by atoms with Gasteiger partial charge in [-0.1, -0.05) is 129 Å². The van der Waals surface area contributed by atoms with Gasteiger partial charge in [0.1, 0.15) is 6.04 Å². The quantitative estimate of drug-likeness (QED) is 0.124. The monoisotopic (exact) mass is 482 g/mol. The van der Waals surface area contributed by atoms with Crippen molar-refractivity contribution in [2.45, 2.75) is 155 Å². The summed E-state index contributed by atoms with van der Waals surface area (Å²) in [6, 6.07) is -0.830. The summed E-state index contributed by atoms with van der Waals surface area (Å²) < 4.78 is 0. The minimum absolute atomic E-state index is 0.172. The molecular weight excluding hydrogens is 424 g/mol. The molecule has 0 aromatic rings. The zero-order chi connectivity index (χ0) is 25.3. The zero-order valence-corrected chi connectivity index (χ0v) is 23.1. The maximum Gasteiger partial charge on any atom is 0.325 e. The number of unbranched alkanes of at least 4 members (excludes halogenated alkanes) is 18. The van der Waals surface area contributed by atoms with Crippen LogP contribution in [-0.4, -0.2) is 47.6 Å². The highest BCUT2D eigenvalue weighted by molar-refractivity contribution is 5.84. The average Bonchev–Trinajstić information content (AvgIpc) is 2.81. The molecule has 5 heteroatoms. The minimum atomic E-state index is -0.982. The second kappa shape index (κ2) is 25.0. The number of nitrogens with one attached hydrogen (secondary N) is 1. The Morgan fingerprint density at radius 2 is 0.941 bits per heavy atom. The maximum atomic E-state index is 12.3. The van der Waals surface area contributed by atoms with Gasteiger partial charge in [-0.15, -0.1) is 0 Å². The van der Waals surface area contributed by atoms with Gasteiger partial charge in [0.05, 0.1) is 6.54 Å². The molecule has 0 saturated carbocycles. The fraction of sp³-hybridized carbons (Fsp3) is 0.931. The highest BCUT2D eigenvalue weighted by atomic mass is 16.4. The Bertz CT molecular complexity index is 446. The summed E-state index contributed by atoms with van der Waals surface area (Å²) >= 11 is 0. The molecule has 0 heterocycles. The predicted octanol–water partition coefficient (Wildman–Crippen LogP) is 7.72. The van der Waals surface area contributed by atoms with Crippen molar-refractivity contribution in [1.29, 1.82) is 0 Å². The number of aliphatic carboxylic acids is 1. The molecule has 0 unspecified atom stereocenters. The molecule has 0 aromatic heterocycles. The lowest BCUT2D eigenvalue weighted by atomic mass is 10.1. The van der Waals surface area contributed by atoms with Crippen LogP contribution in [-0.2, 0) is 9.59 Å². The number of nitrogens with zero attached hydrogens (tertiary/aromatic N) is 1. The standard InChI is InChI=1S/C29H58N2O3/c1-4-6-8-10-12-14-16-18-20-22-24-31(26-28(32)30-27(3)29(33)34)25-23-21-19-17-15-13-11-9-7-5-2/h27H,4-26H2,1-3H3,(H,30,32)(H,33,34)/t27-/m0/s1. The van der Waals surface area contributed by atoms with Gasteiger partial charge in [-0.25, -0.2) is 0 Å². The van der Waals surface area contributed by atoms with Crippen LogP contribution in [0.1, 0.15) is 149 Å². The van der Waals surface area contributed by atoms with Gasteiger partial charge >= 0.3 is 5.97 Å². The largest absolute Gasteiger partial charge is 0.480 e. The summed E-state index contributed by atoms with van der Waals surface area (Å²) in [4.78, 5) is 25.6. The van der Waals surface area contributed by atoms with E-state index >= 15 is 0 Å². The second-order valence-corrected chi connectivity index (χ2v) is 10.3. The number of rotatable bonds is 26. The van der Waals surface area contributed by atoms with Gasteiger partial charge in [-0.05, 0) is 32.9 Å². The summed E-state index contributed by atoms with van der Waals surface area (Å²) in [5.41, 5.74) is 0. The lowest BCUT2D eigenvalue weighted by Crippen LogP contribution is -2.44. The van der Waals surface area contributed by atoms with Crippen LogP contribution in [0.4, 0.5) is 0 Å². The number of carbonyl (C=O) groups is 2. The van der Waals surface area contributed by atoms with Crippen LogP contribution in [0.5, 0.6) is 0 Å². The zero-order valence-electron chi connectivity index (χ0n) is 23.1. The first-order chi connectivity index (χ1) is 16.5. The van der Waals surface area contributed by atoms with E-state index in [1.165, 1.54) is 122 Å². The van der Waals surface area contributed by atoms with Gasteiger partial charge in [-0.2, -0.15) is 0 Å². The number of carbonyl (C=O) groups excluding carboxylic acids is 1. The van der Waals surface area contributed by atoms with E-state index in [1.54, 1.807) is 0 Å². The predicted molar refractivity (Wildman–Crippen MR) is 145 cm³/mol. The van der Waals surface area contributed by atoms with E-state index in [2.05, 4.69) is 24.1 Å². The first-order valence-electron chi connectivity index (χ1n) is 14.8. The van der Waals surface area contributed by atoms with Crippen LogP contribution in [0.3, 0.4) is 0 Å². The third-order valence-corrected chi connectivity index (χ3v) is 6.77. The van der Waals surface area contributed by atoms with E-state index in [0.717, 1.165) is 25.9 Å². The molecule has 0 saturated heterocycles.